The SMILES string of the molecule is CNc1cc(Cl)nc(-c2ccc(F)cc2)n1. The van der Waals surface area contributed by atoms with Crippen LogP contribution in [0.4, 0.5) is 10.2 Å². The molecule has 1 N–H and O–H groups in total. The van der Waals surface area contributed by atoms with E-state index in [-0.39, 0.29) is 5.82 Å². The highest BCUT2D eigenvalue weighted by Gasteiger charge is 2.05. The molecule has 0 aliphatic rings. The van der Waals surface area contributed by atoms with E-state index in [0.717, 1.165) is 5.56 Å². The van der Waals surface area contributed by atoms with Gasteiger partial charge in [-0.05, 0) is 24.3 Å². The molecule has 16 heavy (non-hydrogen) atoms. The van der Waals surface area contributed by atoms with Crippen molar-refractivity contribution in [3.05, 3.63) is 41.3 Å². The first-order valence-corrected chi connectivity index (χ1v) is 5.05. The van der Waals surface area contributed by atoms with Gasteiger partial charge in [-0.3, -0.25) is 0 Å². The fourth-order valence-corrected chi connectivity index (χ4v) is 1.46. The van der Waals surface area contributed by atoms with Gasteiger partial charge in [-0.25, -0.2) is 14.4 Å². The Kier molecular flexibility index (Phi) is 3.01. The van der Waals surface area contributed by atoms with E-state index in [1.165, 1.54) is 12.1 Å². The molecule has 0 atom stereocenters. The average Bonchev–Trinajstić information content (AvgIpc) is 2.29. The number of benzene rings is 1. The highest BCUT2D eigenvalue weighted by Crippen LogP contribution is 2.20. The summed E-state index contributed by atoms with van der Waals surface area (Å²) in [6.07, 6.45) is 0. The molecule has 0 amide bonds. The van der Waals surface area contributed by atoms with Gasteiger partial charge in [-0.15, -0.1) is 0 Å². The van der Waals surface area contributed by atoms with E-state index in [9.17, 15) is 4.39 Å². The summed E-state index contributed by atoms with van der Waals surface area (Å²) in [6.45, 7) is 0. The van der Waals surface area contributed by atoms with Crippen LogP contribution in [0.3, 0.4) is 0 Å². The van der Waals surface area contributed by atoms with Crippen LogP contribution in [-0.4, -0.2) is 17.0 Å². The average molecular weight is 238 g/mol. The number of nitrogens with one attached hydrogen (secondary N) is 1. The van der Waals surface area contributed by atoms with Crippen molar-refractivity contribution in [3.63, 3.8) is 0 Å². The molecule has 1 aromatic heterocycles. The van der Waals surface area contributed by atoms with Crippen molar-refractivity contribution >= 4 is 17.4 Å². The van der Waals surface area contributed by atoms with Crippen molar-refractivity contribution in [2.24, 2.45) is 0 Å². The maximum absolute atomic E-state index is 12.7. The summed E-state index contributed by atoms with van der Waals surface area (Å²) in [7, 11) is 1.74. The zero-order valence-corrected chi connectivity index (χ0v) is 9.29. The second-order valence-electron chi connectivity index (χ2n) is 3.16. The number of aromatic nitrogens is 2. The van der Waals surface area contributed by atoms with Crippen LogP contribution in [0.15, 0.2) is 30.3 Å². The van der Waals surface area contributed by atoms with Crippen LogP contribution in [0.25, 0.3) is 11.4 Å². The summed E-state index contributed by atoms with van der Waals surface area (Å²) in [5, 5.41) is 3.23. The number of hydrogen-bond donors (Lipinski definition) is 1. The minimum absolute atomic E-state index is 0.292. The second-order valence-corrected chi connectivity index (χ2v) is 3.54. The highest BCUT2D eigenvalue weighted by molar-refractivity contribution is 6.29. The van der Waals surface area contributed by atoms with Crippen LogP contribution >= 0.6 is 11.6 Å². The van der Waals surface area contributed by atoms with Gasteiger partial charge >= 0.3 is 0 Å². The first-order chi connectivity index (χ1) is 7.69. The third-order valence-electron chi connectivity index (χ3n) is 2.05. The molecule has 3 nitrogen and oxygen atoms in total. The Labute approximate surface area is 97.3 Å². The molecule has 2 rings (SSSR count). The maximum atomic E-state index is 12.7. The van der Waals surface area contributed by atoms with Crippen molar-refractivity contribution in [2.45, 2.75) is 0 Å². The van der Waals surface area contributed by atoms with Crippen LogP contribution in [0.1, 0.15) is 0 Å². The summed E-state index contributed by atoms with van der Waals surface area (Å²) in [6, 6.07) is 7.56. The molecule has 0 radical (unpaired) electrons. The molecule has 1 heterocycles. The van der Waals surface area contributed by atoms with Gasteiger partial charge in [0.2, 0.25) is 0 Å². The van der Waals surface area contributed by atoms with Crippen molar-refractivity contribution in [1.29, 1.82) is 0 Å². The van der Waals surface area contributed by atoms with Crippen molar-refractivity contribution < 1.29 is 4.39 Å². The summed E-state index contributed by atoms with van der Waals surface area (Å²) >= 11 is 5.84. The Morgan fingerprint density at radius 1 is 1.19 bits per heavy atom. The zero-order chi connectivity index (χ0) is 11.5. The monoisotopic (exact) mass is 237 g/mol. The van der Waals surface area contributed by atoms with Crippen LogP contribution < -0.4 is 5.32 Å². The number of anilines is 1. The van der Waals surface area contributed by atoms with Crippen LogP contribution in [0.2, 0.25) is 5.15 Å². The van der Waals surface area contributed by atoms with E-state index in [4.69, 9.17) is 11.6 Å². The van der Waals surface area contributed by atoms with E-state index >= 15 is 0 Å². The van der Waals surface area contributed by atoms with E-state index < -0.39 is 0 Å². The van der Waals surface area contributed by atoms with Gasteiger partial charge in [0, 0.05) is 18.7 Å². The van der Waals surface area contributed by atoms with Gasteiger partial charge in [0.15, 0.2) is 5.82 Å². The molecule has 0 unspecified atom stereocenters. The van der Waals surface area contributed by atoms with E-state index in [2.05, 4.69) is 15.3 Å². The van der Waals surface area contributed by atoms with Crippen molar-refractivity contribution in [2.75, 3.05) is 12.4 Å². The van der Waals surface area contributed by atoms with Gasteiger partial charge in [0.25, 0.3) is 0 Å². The molecule has 1 aromatic carbocycles. The van der Waals surface area contributed by atoms with E-state index in [0.29, 0.717) is 16.8 Å². The van der Waals surface area contributed by atoms with Gasteiger partial charge in [0.1, 0.15) is 16.8 Å². The van der Waals surface area contributed by atoms with Gasteiger partial charge in [-0.1, -0.05) is 11.6 Å². The second kappa shape index (κ2) is 4.45. The molecule has 0 saturated heterocycles. The smallest absolute Gasteiger partial charge is 0.163 e. The lowest BCUT2D eigenvalue weighted by molar-refractivity contribution is 0.628. The molecular weight excluding hydrogens is 229 g/mol. The molecule has 0 spiro atoms. The third-order valence-corrected chi connectivity index (χ3v) is 2.25. The first-order valence-electron chi connectivity index (χ1n) is 4.67. The van der Waals surface area contributed by atoms with Crippen LogP contribution in [-0.2, 0) is 0 Å². The van der Waals surface area contributed by atoms with E-state index in [1.54, 1.807) is 25.2 Å². The normalized spacial score (nSPS) is 10.2. The molecule has 0 saturated carbocycles. The number of hydrogen-bond acceptors (Lipinski definition) is 3. The molecule has 0 aliphatic carbocycles. The predicted molar refractivity (Wildman–Crippen MR) is 62.0 cm³/mol. The van der Waals surface area contributed by atoms with Crippen molar-refractivity contribution in [3.8, 4) is 11.4 Å². The summed E-state index contributed by atoms with van der Waals surface area (Å²) in [4.78, 5) is 8.30. The largest absolute Gasteiger partial charge is 0.373 e. The first kappa shape index (κ1) is 10.8. The number of rotatable bonds is 2. The molecule has 82 valence electrons. The maximum Gasteiger partial charge on any atom is 0.163 e. The topological polar surface area (TPSA) is 37.8 Å². The molecule has 0 bridgehead atoms. The minimum Gasteiger partial charge on any atom is -0.373 e. The fraction of sp³-hybridized carbons (Fsp3) is 0.0909. The summed E-state index contributed by atoms with van der Waals surface area (Å²) < 4.78 is 12.7. The van der Waals surface area contributed by atoms with Gasteiger partial charge in [0.05, 0.1) is 0 Å². The Morgan fingerprint density at radius 2 is 1.88 bits per heavy atom. The highest BCUT2D eigenvalue weighted by atomic mass is 35.5. The van der Waals surface area contributed by atoms with Crippen LogP contribution in [0.5, 0.6) is 0 Å². The molecular formula is C11H9ClFN3. The quantitative estimate of drug-likeness (QED) is 0.816. The van der Waals surface area contributed by atoms with Gasteiger partial charge < -0.3 is 5.32 Å². The van der Waals surface area contributed by atoms with Crippen molar-refractivity contribution in [1.82, 2.24) is 9.97 Å². The Bertz CT molecular complexity index is 499. The Hall–Kier alpha value is -1.68. The summed E-state index contributed by atoms with van der Waals surface area (Å²) in [5.41, 5.74) is 0.723. The minimum atomic E-state index is -0.292. The lowest BCUT2D eigenvalue weighted by atomic mass is 10.2. The number of nitrogens with zero attached hydrogens (tertiary/aromatic N) is 2. The molecule has 2 aromatic rings. The van der Waals surface area contributed by atoms with E-state index in [1.807, 2.05) is 0 Å². The van der Waals surface area contributed by atoms with Gasteiger partial charge in [-0.2, -0.15) is 0 Å². The predicted octanol–water partition coefficient (Wildman–Crippen LogP) is 2.98. The number of halogens is 2. The molecule has 0 aliphatic heterocycles. The Balaban J connectivity index is 2.47. The molecule has 0 fully saturated rings. The molecule has 5 heteroatoms. The standard InChI is InChI=1S/C11H9ClFN3/c1-14-10-6-9(12)15-11(16-10)7-2-4-8(13)5-3-7/h2-6H,1H3,(H,14,15,16). The third kappa shape index (κ3) is 2.28. The van der Waals surface area contributed by atoms with Crippen LogP contribution in [0, 0.1) is 5.82 Å². The lowest BCUT2D eigenvalue weighted by Crippen LogP contribution is -1.96. The summed E-state index contributed by atoms with van der Waals surface area (Å²) in [5.74, 6) is 0.802. The fourth-order valence-electron chi connectivity index (χ4n) is 1.27. The lowest BCUT2D eigenvalue weighted by Gasteiger charge is -2.04. The zero-order valence-electron chi connectivity index (χ0n) is 8.54. The Morgan fingerprint density at radius 3 is 2.50 bits per heavy atom.